The summed E-state index contributed by atoms with van der Waals surface area (Å²) in [4.78, 5) is 21.8. The van der Waals surface area contributed by atoms with Gasteiger partial charge in [-0.15, -0.1) is 11.3 Å². The number of hydrogen-bond acceptors (Lipinski definition) is 5. The maximum Gasteiger partial charge on any atom is 0.254 e. The van der Waals surface area contributed by atoms with E-state index in [-0.39, 0.29) is 5.91 Å². The van der Waals surface area contributed by atoms with E-state index in [4.69, 9.17) is 0 Å². The van der Waals surface area contributed by atoms with Crippen LogP contribution in [0.5, 0.6) is 0 Å². The number of thiazole rings is 1. The van der Waals surface area contributed by atoms with E-state index >= 15 is 0 Å². The van der Waals surface area contributed by atoms with E-state index in [1.165, 1.54) is 10.4 Å². The number of nitrogens with zero attached hydrogens (tertiary/aromatic N) is 2. The van der Waals surface area contributed by atoms with Gasteiger partial charge in [0.15, 0.2) is 5.13 Å². The molecule has 0 aliphatic carbocycles. The largest absolute Gasteiger partial charge is 0.365 e. The molecule has 4 rings (SSSR count). The number of aryl methyl sites for hydroxylation is 1. The first-order chi connectivity index (χ1) is 12.2. The van der Waals surface area contributed by atoms with E-state index in [0.717, 1.165) is 46.3 Å². The van der Waals surface area contributed by atoms with Crippen molar-refractivity contribution < 1.29 is 4.79 Å². The van der Waals surface area contributed by atoms with Crippen LogP contribution in [0.1, 0.15) is 26.5 Å². The molecule has 1 aliphatic heterocycles. The number of nitrogens with one attached hydrogen (secondary N) is 1. The van der Waals surface area contributed by atoms with Gasteiger partial charge < -0.3 is 10.2 Å². The van der Waals surface area contributed by atoms with Gasteiger partial charge in [-0.3, -0.25) is 4.79 Å². The number of carbonyl (C=O) groups is 1. The van der Waals surface area contributed by atoms with Crippen LogP contribution in [-0.2, 0) is 13.0 Å². The highest BCUT2D eigenvalue weighted by molar-refractivity contribution is 7.19. The van der Waals surface area contributed by atoms with Crippen molar-refractivity contribution in [1.29, 1.82) is 0 Å². The van der Waals surface area contributed by atoms with E-state index in [9.17, 15) is 4.79 Å². The van der Waals surface area contributed by atoms with Gasteiger partial charge in [0.05, 0.1) is 10.6 Å². The van der Waals surface area contributed by atoms with Crippen LogP contribution in [0.25, 0.3) is 10.4 Å². The van der Waals surface area contributed by atoms with Crippen LogP contribution in [0.3, 0.4) is 0 Å². The molecule has 4 nitrogen and oxygen atoms in total. The number of hydrogen-bond donors (Lipinski definition) is 1. The molecule has 1 aromatic carbocycles. The molecule has 0 fully saturated rings. The van der Waals surface area contributed by atoms with Crippen LogP contribution in [0.15, 0.2) is 35.7 Å². The van der Waals surface area contributed by atoms with Crippen molar-refractivity contribution in [3.05, 3.63) is 57.4 Å². The Kier molecular flexibility index (Phi) is 4.31. The van der Waals surface area contributed by atoms with Gasteiger partial charge in [0, 0.05) is 30.6 Å². The summed E-state index contributed by atoms with van der Waals surface area (Å²) in [5.74, 6) is 0.111. The number of fused-ring (bicyclic) bond motifs is 1. The van der Waals surface area contributed by atoms with Gasteiger partial charge in [0.25, 0.3) is 5.91 Å². The molecule has 2 aromatic heterocycles. The average Bonchev–Trinajstić information content (AvgIpc) is 3.26. The molecule has 128 valence electrons. The third-order valence-corrected chi connectivity index (χ3v) is 6.75. The summed E-state index contributed by atoms with van der Waals surface area (Å²) in [6.45, 7) is 3.53. The molecule has 0 radical (unpaired) electrons. The first-order valence-electron chi connectivity index (χ1n) is 8.26. The van der Waals surface area contributed by atoms with Crippen molar-refractivity contribution in [2.45, 2.75) is 19.9 Å². The van der Waals surface area contributed by atoms with Gasteiger partial charge in [-0.05, 0) is 48.1 Å². The van der Waals surface area contributed by atoms with Crippen molar-refractivity contribution in [2.24, 2.45) is 0 Å². The first-order valence-corrected chi connectivity index (χ1v) is 9.95. The van der Waals surface area contributed by atoms with Crippen molar-refractivity contribution >= 4 is 33.7 Å². The number of carbonyl (C=O) groups excluding carboxylic acids is 1. The second-order valence-electron chi connectivity index (χ2n) is 6.11. The molecule has 1 aliphatic rings. The Morgan fingerprint density at radius 2 is 2.04 bits per heavy atom. The lowest BCUT2D eigenvalue weighted by atomic mass is 10.1. The maximum absolute atomic E-state index is 12.8. The summed E-state index contributed by atoms with van der Waals surface area (Å²) >= 11 is 3.42. The monoisotopic (exact) mass is 369 g/mol. The lowest BCUT2D eigenvalue weighted by Crippen LogP contribution is -2.35. The van der Waals surface area contributed by atoms with Crippen LogP contribution < -0.4 is 5.32 Å². The van der Waals surface area contributed by atoms with Crippen LogP contribution in [0.4, 0.5) is 5.13 Å². The van der Waals surface area contributed by atoms with E-state index in [0.29, 0.717) is 0 Å². The Morgan fingerprint density at radius 3 is 2.76 bits per heavy atom. The van der Waals surface area contributed by atoms with E-state index in [1.54, 1.807) is 22.7 Å². The highest BCUT2D eigenvalue weighted by Crippen LogP contribution is 2.33. The molecular weight excluding hydrogens is 350 g/mol. The Hall–Kier alpha value is -2.18. The minimum Gasteiger partial charge on any atom is -0.365 e. The molecule has 1 amide bonds. The Bertz CT molecular complexity index is 911. The molecule has 0 atom stereocenters. The molecule has 0 saturated heterocycles. The van der Waals surface area contributed by atoms with Gasteiger partial charge in [-0.25, -0.2) is 4.98 Å². The minimum absolute atomic E-state index is 0.111. The second kappa shape index (κ2) is 6.61. The quantitative estimate of drug-likeness (QED) is 0.743. The fourth-order valence-electron chi connectivity index (χ4n) is 3.14. The predicted molar refractivity (Wildman–Crippen MR) is 105 cm³/mol. The van der Waals surface area contributed by atoms with Crippen LogP contribution in [0, 0.1) is 6.92 Å². The summed E-state index contributed by atoms with van der Waals surface area (Å²) < 4.78 is 0. The number of benzene rings is 1. The zero-order chi connectivity index (χ0) is 17.4. The van der Waals surface area contributed by atoms with Crippen LogP contribution >= 0.6 is 22.7 Å². The second-order valence-corrected chi connectivity index (χ2v) is 8.11. The summed E-state index contributed by atoms with van der Waals surface area (Å²) in [6, 6.07) is 10.0. The number of thiophene rings is 1. The Labute approximate surface area is 155 Å². The van der Waals surface area contributed by atoms with Gasteiger partial charge >= 0.3 is 0 Å². The average molecular weight is 370 g/mol. The van der Waals surface area contributed by atoms with E-state index in [1.807, 2.05) is 43.1 Å². The zero-order valence-corrected chi connectivity index (χ0v) is 15.8. The third-order valence-electron chi connectivity index (χ3n) is 4.50. The fourth-order valence-corrected chi connectivity index (χ4v) is 4.95. The Morgan fingerprint density at radius 1 is 1.24 bits per heavy atom. The SMILES string of the molecule is CNc1nc(C)c(-c2ccc(C(=O)N3CCc4sccc4C3)cc2)s1. The molecule has 0 spiro atoms. The predicted octanol–water partition coefficient (Wildman–Crippen LogP) is 4.42. The topological polar surface area (TPSA) is 45.2 Å². The Balaban J connectivity index is 1.54. The highest BCUT2D eigenvalue weighted by Gasteiger charge is 2.22. The van der Waals surface area contributed by atoms with Gasteiger partial charge in [0.1, 0.15) is 0 Å². The first kappa shape index (κ1) is 16.3. The minimum atomic E-state index is 0.111. The van der Waals surface area contributed by atoms with E-state index < -0.39 is 0 Å². The van der Waals surface area contributed by atoms with Crippen LogP contribution in [-0.4, -0.2) is 29.4 Å². The lowest BCUT2D eigenvalue weighted by Gasteiger charge is -2.27. The van der Waals surface area contributed by atoms with Crippen molar-refractivity contribution in [2.75, 3.05) is 18.9 Å². The van der Waals surface area contributed by atoms with Gasteiger partial charge in [-0.2, -0.15) is 0 Å². The zero-order valence-electron chi connectivity index (χ0n) is 14.2. The molecule has 0 bridgehead atoms. The molecule has 1 N–H and O–H groups in total. The van der Waals surface area contributed by atoms with Crippen molar-refractivity contribution in [1.82, 2.24) is 9.88 Å². The normalized spacial score (nSPS) is 13.6. The summed E-state index contributed by atoms with van der Waals surface area (Å²) in [5, 5.41) is 6.11. The van der Waals surface area contributed by atoms with Crippen molar-refractivity contribution in [3.8, 4) is 10.4 Å². The van der Waals surface area contributed by atoms with Crippen LogP contribution in [0.2, 0.25) is 0 Å². The molecule has 3 heterocycles. The van der Waals surface area contributed by atoms with Gasteiger partial charge in [-0.1, -0.05) is 23.5 Å². The summed E-state index contributed by atoms with van der Waals surface area (Å²) in [6.07, 6.45) is 0.962. The molecule has 3 aromatic rings. The maximum atomic E-state index is 12.8. The summed E-state index contributed by atoms with van der Waals surface area (Å²) in [5.41, 5.74) is 4.15. The highest BCUT2D eigenvalue weighted by atomic mass is 32.1. The molecule has 0 unspecified atom stereocenters. The molecule has 25 heavy (non-hydrogen) atoms. The van der Waals surface area contributed by atoms with Gasteiger partial charge in [0.2, 0.25) is 0 Å². The van der Waals surface area contributed by atoms with E-state index in [2.05, 4.69) is 21.7 Å². The summed E-state index contributed by atoms with van der Waals surface area (Å²) in [7, 11) is 1.88. The number of aromatic nitrogens is 1. The lowest BCUT2D eigenvalue weighted by molar-refractivity contribution is 0.0736. The number of amides is 1. The molecular formula is C19H19N3OS2. The molecule has 0 saturated carbocycles. The third kappa shape index (κ3) is 3.07. The van der Waals surface area contributed by atoms with Crippen molar-refractivity contribution in [3.63, 3.8) is 0 Å². The fraction of sp³-hybridized carbons (Fsp3) is 0.263. The molecule has 6 heteroatoms. The standard InChI is InChI=1S/C19H19N3OS2/c1-12-17(25-19(20-2)21-12)13-3-5-14(6-4-13)18(23)22-9-7-16-15(11-22)8-10-24-16/h3-6,8,10H,7,9,11H2,1-2H3,(H,20,21). The number of anilines is 1. The smallest absolute Gasteiger partial charge is 0.254 e. The number of rotatable bonds is 3.